The number of nitriles is 1. The van der Waals surface area contributed by atoms with Crippen LogP contribution < -0.4 is 5.32 Å². The zero-order valence-corrected chi connectivity index (χ0v) is 11.3. The largest absolute Gasteiger partial charge is 0.379 e. The molecule has 4 heteroatoms. The Bertz CT molecular complexity index is 650. The monoisotopic (exact) mass is 257 g/mol. The Morgan fingerprint density at radius 2 is 2.05 bits per heavy atom. The summed E-state index contributed by atoms with van der Waals surface area (Å²) >= 11 is 0. The maximum absolute atomic E-state index is 13.7. The standard InChI is InChI=1S/C15H16FN3/c1-10-6-13(11(2)19(10)3)9-18-15-5-4-12(8-17)7-14(15)16/h4-7,18H,9H2,1-3H3. The number of rotatable bonds is 3. The van der Waals surface area contributed by atoms with Gasteiger partial charge in [-0.1, -0.05) is 0 Å². The number of nitrogens with one attached hydrogen (secondary N) is 1. The molecule has 0 unspecified atom stereocenters. The van der Waals surface area contributed by atoms with Crippen molar-refractivity contribution in [3.63, 3.8) is 0 Å². The van der Waals surface area contributed by atoms with Gasteiger partial charge in [0.1, 0.15) is 5.82 Å². The minimum atomic E-state index is -0.399. The molecule has 1 aromatic heterocycles. The second-order valence-electron chi connectivity index (χ2n) is 4.62. The molecule has 0 saturated carbocycles. The Kier molecular flexibility index (Phi) is 3.57. The molecule has 1 aromatic carbocycles. The third-order valence-corrected chi connectivity index (χ3v) is 3.45. The molecule has 0 aliphatic carbocycles. The number of aromatic nitrogens is 1. The van der Waals surface area contributed by atoms with E-state index in [4.69, 9.17) is 5.26 Å². The van der Waals surface area contributed by atoms with Crippen molar-refractivity contribution in [3.8, 4) is 6.07 Å². The van der Waals surface area contributed by atoms with Crippen LogP contribution in [-0.2, 0) is 13.6 Å². The van der Waals surface area contributed by atoms with Crippen LogP contribution in [-0.4, -0.2) is 4.57 Å². The number of halogens is 1. The molecule has 0 radical (unpaired) electrons. The van der Waals surface area contributed by atoms with E-state index in [0.717, 1.165) is 5.56 Å². The molecule has 2 aromatic rings. The fourth-order valence-corrected chi connectivity index (χ4v) is 2.03. The van der Waals surface area contributed by atoms with Gasteiger partial charge in [0, 0.05) is 25.0 Å². The summed E-state index contributed by atoms with van der Waals surface area (Å²) in [5.41, 5.74) is 4.23. The van der Waals surface area contributed by atoms with Crippen LogP contribution in [0.3, 0.4) is 0 Å². The molecule has 19 heavy (non-hydrogen) atoms. The second kappa shape index (κ2) is 5.15. The van der Waals surface area contributed by atoms with Gasteiger partial charge in [-0.15, -0.1) is 0 Å². The zero-order valence-electron chi connectivity index (χ0n) is 11.3. The van der Waals surface area contributed by atoms with Crippen molar-refractivity contribution >= 4 is 5.69 Å². The van der Waals surface area contributed by atoms with Gasteiger partial charge in [0.25, 0.3) is 0 Å². The van der Waals surface area contributed by atoms with E-state index in [1.54, 1.807) is 12.1 Å². The van der Waals surface area contributed by atoms with Crippen molar-refractivity contribution < 1.29 is 4.39 Å². The Morgan fingerprint density at radius 1 is 1.32 bits per heavy atom. The first-order valence-corrected chi connectivity index (χ1v) is 6.08. The summed E-state index contributed by atoms with van der Waals surface area (Å²) in [6.07, 6.45) is 0. The summed E-state index contributed by atoms with van der Waals surface area (Å²) < 4.78 is 15.8. The van der Waals surface area contributed by atoms with Crippen LogP contribution >= 0.6 is 0 Å². The summed E-state index contributed by atoms with van der Waals surface area (Å²) in [6, 6.07) is 8.45. The molecular formula is C15H16FN3. The van der Waals surface area contributed by atoms with Crippen LogP contribution in [0.15, 0.2) is 24.3 Å². The summed E-state index contributed by atoms with van der Waals surface area (Å²) in [5, 5.41) is 11.8. The fourth-order valence-electron chi connectivity index (χ4n) is 2.03. The van der Waals surface area contributed by atoms with Gasteiger partial charge in [-0.2, -0.15) is 5.26 Å². The van der Waals surface area contributed by atoms with E-state index in [-0.39, 0.29) is 0 Å². The van der Waals surface area contributed by atoms with Crippen LogP contribution in [0.2, 0.25) is 0 Å². The summed E-state index contributed by atoms with van der Waals surface area (Å²) in [4.78, 5) is 0. The summed E-state index contributed by atoms with van der Waals surface area (Å²) in [6.45, 7) is 4.65. The zero-order chi connectivity index (χ0) is 14.0. The SMILES string of the molecule is Cc1cc(CNc2ccc(C#N)cc2F)c(C)n1C. The normalized spacial score (nSPS) is 10.3. The third kappa shape index (κ3) is 2.60. The van der Waals surface area contributed by atoms with E-state index in [0.29, 0.717) is 17.8 Å². The lowest BCUT2D eigenvalue weighted by molar-refractivity contribution is 0.629. The molecule has 0 aliphatic heterocycles. The Hall–Kier alpha value is -2.28. The maximum atomic E-state index is 13.7. The topological polar surface area (TPSA) is 40.8 Å². The quantitative estimate of drug-likeness (QED) is 0.916. The van der Waals surface area contributed by atoms with E-state index >= 15 is 0 Å². The second-order valence-corrected chi connectivity index (χ2v) is 4.62. The highest BCUT2D eigenvalue weighted by Crippen LogP contribution is 2.19. The van der Waals surface area contributed by atoms with Crippen LogP contribution in [0, 0.1) is 31.0 Å². The van der Waals surface area contributed by atoms with Gasteiger partial charge < -0.3 is 9.88 Å². The number of aryl methyl sites for hydroxylation is 1. The number of benzene rings is 1. The van der Waals surface area contributed by atoms with E-state index in [1.165, 1.54) is 17.5 Å². The summed E-state index contributed by atoms with van der Waals surface area (Å²) in [7, 11) is 2.01. The molecule has 3 nitrogen and oxygen atoms in total. The Balaban J connectivity index is 2.15. The molecule has 2 rings (SSSR count). The minimum absolute atomic E-state index is 0.329. The number of hydrogen-bond donors (Lipinski definition) is 1. The average Bonchev–Trinajstić information content (AvgIpc) is 2.65. The highest BCUT2D eigenvalue weighted by molar-refractivity contribution is 5.49. The van der Waals surface area contributed by atoms with Crippen LogP contribution in [0.1, 0.15) is 22.5 Å². The lowest BCUT2D eigenvalue weighted by Crippen LogP contribution is -2.03. The van der Waals surface area contributed by atoms with Crippen molar-refractivity contribution in [2.24, 2.45) is 7.05 Å². The van der Waals surface area contributed by atoms with Gasteiger partial charge in [-0.25, -0.2) is 4.39 Å². The predicted molar refractivity (Wildman–Crippen MR) is 73.3 cm³/mol. The molecule has 1 N–H and O–H groups in total. The predicted octanol–water partition coefficient (Wildman–Crippen LogP) is 3.26. The van der Waals surface area contributed by atoms with Gasteiger partial charge in [0.2, 0.25) is 0 Å². The fraction of sp³-hybridized carbons (Fsp3) is 0.267. The van der Waals surface area contributed by atoms with Crippen LogP contribution in [0.5, 0.6) is 0 Å². The van der Waals surface area contributed by atoms with Gasteiger partial charge in [0.15, 0.2) is 0 Å². The van der Waals surface area contributed by atoms with Gasteiger partial charge >= 0.3 is 0 Å². The van der Waals surface area contributed by atoms with Gasteiger partial charge in [0.05, 0.1) is 17.3 Å². The van der Waals surface area contributed by atoms with E-state index < -0.39 is 5.82 Å². The molecule has 0 bridgehead atoms. The number of anilines is 1. The molecule has 0 amide bonds. The lowest BCUT2D eigenvalue weighted by Gasteiger charge is -2.08. The first kappa shape index (κ1) is 13.2. The van der Waals surface area contributed by atoms with Gasteiger partial charge in [-0.3, -0.25) is 0 Å². The van der Waals surface area contributed by atoms with Crippen molar-refractivity contribution in [1.29, 1.82) is 5.26 Å². The van der Waals surface area contributed by atoms with Crippen molar-refractivity contribution in [2.75, 3.05) is 5.32 Å². The summed E-state index contributed by atoms with van der Waals surface area (Å²) in [5.74, 6) is -0.399. The van der Waals surface area contributed by atoms with Crippen molar-refractivity contribution in [3.05, 3.63) is 52.6 Å². The smallest absolute Gasteiger partial charge is 0.147 e. The highest BCUT2D eigenvalue weighted by atomic mass is 19.1. The first-order chi connectivity index (χ1) is 9.02. The average molecular weight is 257 g/mol. The third-order valence-electron chi connectivity index (χ3n) is 3.45. The highest BCUT2D eigenvalue weighted by Gasteiger charge is 2.07. The molecule has 0 atom stereocenters. The molecular weight excluding hydrogens is 241 g/mol. The van der Waals surface area contributed by atoms with Gasteiger partial charge in [-0.05, 0) is 43.7 Å². The molecule has 0 spiro atoms. The molecule has 98 valence electrons. The Morgan fingerprint density at radius 3 is 2.58 bits per heavy atom. The molecule has 0 aliphatic rings. The van der Waals surface area contributed by atoms with Crippen LogP contribution in [0.4, 0.5) is 10.1 Å². The van der Waals surface area contributed by atoms with E-state index in [2.05, 4.69) is 16.0 Å². The first-order valence-electron chi connectivity index (χ1n) is 6.08. The Labute approximate surface area is 112 Å². The van der Waals surface area contributed by atoms with Crippen molar-refractivity contribution in [1.82, 2.24) is 4.57 Å². The number of nitrogens with zero attached hydrogens (tertiary/aromatic N) is 2. The van der Waals surface area contributed by atoms with E-state index in [1.807, 2.05) is 27.0 Å². The lowest BCUT2D eigenvalue weighted by atomic mass is 10.2. The van der Waals surface area contributed by atoms with Crippen LogP contribution in [0.25, 0.3) is 0 Å². The molecule has 0 fully saturated rings. The molecule has 0 saturated heterocycles. The van der Waals surface area contributed by atoms with Crippen molar-refractivity contribution in [2.45, 2.75) is 20.4 Å². The maximum Gasteiger partial charge on any atom is 0.147 e. The molecule has 1 heterocycles. The van der Waals surface area contributed by atoms with E-state index in [9.17, 15) is 4.39 Å². The number of hydrogen-bond acceptors (Lipinski definition) is 2. The minimum Gasteiger partial charge on any atom is -0.379 e.